The average molecular weight is 194 g/mol. The molecule has 2 heterocycles. The summed E-state index contributed by atoms with van der Waals surface area (Å²) in [5.74, 6) is 0. The molecule has 1 aromatic rings. The van der Waals surface area contributed by atoms with Crippen molar-refractivity contribution in [3.63, 3.8) is 0 Å². The standard InChI is InChI=1S/C11H18N2O/c1-2-11(13-5-1)3-6-12-8-10-4-7-14-9-10/h4,7,9,11-13H,1-3,5-6,8H2. The number of furan rings is 1. The predicted molar refractivity (Wildman–Crippen MR) is 56.1 cm³/mol. The summed E-state index contributed by atoms with van der Waals surface area (Å²) in [6.45, 7) is 3.21. The Labute approximate surface area is 84.9 Å². The molecule has 0 spiro atoms. The average Bonchev–Trinajstić information content (AvgIpc) is 2.86. The molecular formula is C11H18N2O. The molecule has 0 saturated carbocycles. The first-order valence-electron chi connectivity index (χ1n) is 5.40. The van der Waals surface area contributed by atoms with Crippen molar-refractivity contribution in [2.24, 2.45) is 0 Å². The Bertz CT molecular complexity index is 240. The molecule has 1 aliphatic rings. The first-order chi connectivity index (χ1) is 6.95. The molecule has 1 unspecified atom stereocenters. The fraction of sp³-hybridized carbons (Fsp3) is 0.636. The van der Waals surface area contributed by atoms with Crippen LogP contribution < -0.4 is 10.6 Å². The molecule has 0 aromatic carbocycles. The molecule has 3 nitrogen and oxygen atoms in total. The Morgan fingerprint density at radius 1 is 1.57 bits per heavy atom. The van der Waals surface area contributed by atoms with Gasteiger partial charge in [0.1, 0.15) is 0 Å². The molecule has 1 atom stereocenters. The van der Waals surface area contributed by atoms with E-state index in [0.717, 1.165) is 19.1 Å². The van der Waals surface area contributed by atoms with Crippen LogP contribution in [0.25, 0.3) is 0 Å². The lowest BCUT2D eigenvalue weighted by atomic mass is 10.1. The van der Waals surface area contributed by atoms with Crippen molar-refractivity contribution in [3.8, 4) is 0 Å². The molecule has 0 radical (unpaired) electrons. The van der Waals surface area contributed by atoms with E-state index in [-0.39, 0.29) is 0 Å². The van der Waals surface area contributed by atoms with Crippen LogP contribution in [0.1, 0.15) is 24.8 Å². The van der Waals surface area contributed by atoms with Crippen molar-refractivity contribution < 1.29 is 4.42 Å². The van der Waals surface area contributed by atoms with Crippen LogP contribution in [0.15, 0.2) is 23.0 Å². The highest BCUT2D eigenvalue weighted by molar-refractivity contribution is 5.04. The molecule has 1 saturated heterocycles. The van der Waals surface area contributed by atoms with E-state index in [1.807, 2.05) is 6.07 Å². The van der Waals surface area contributed by atoms with Crippen LogP contribution in [0.4, 0.5) is 0 Å². The third kappa shape index (κ3) is 2.86. The van der Waals surface area contributed by atoms with E-state index in [4.69, 9.17) is 4.42 Å². The second-order valence-electron chi connectivity index (χ2n) is 3.89. The van der Waals surface area contributed by atoms with Gasteiger partial charge in [0, 0.05) is 18.2 Å². The van der Waals surface area contributed by atoms with E-state index < -0.39 is 0 Å². The van der Waals surface area contributed by atoms with Crippen LogP contribution in [0, 0.1) is 0 Å². The molecule has 1 aromatic heterocycles. The van der Waals surface area contributed by atoms with Crippen LogP contribution in [0.2, 0.25) is 0 Å². The van der Waals surface area contributed by atoms with Crippen LogP contribution >= 0.6 is 0 Å². The summed E-state index contributed by atoms with van der Waals surface area (Å²) in [5.41, 5.74) is 1.23. The third-order valence-electron chi connectivity index (χ3n) is 2.74. The molecule has 0 bridgehead atoms. The summed E-state index contributed by atoms with van der Waals surface area (Å²) >= 11 is 0. The number of hydrogen-bond donors (Lipinski definition) is 2. The second-order valence-corrected chi connectivity index (χ2v) is 3.89. The van der Waals surface area contributed by atoms with Gasteiger partial charge in [0.25, 0.3) is 0 Å². The van der Waals surface area contributed by atoms with Crippen LogP contribution in [0.3, 0.4) is 0 Å². The van der Waals surface area contributed by atoms with Crippen molar-refractivity contribution in [1.29, 1.82) is 0 Å². The van der Waals surface area contributed by atoms with Gasteiger partial charge in [0.2, 0.25) is 0 Å². The minimum absolute atomic E-state index is 0.742. The molecule has 2 rings (SSSR count). The second kappa shape index (κ2) is 5.17. The smallest absolute Gasteiger partial charge is 0.0947 e. The quantitative estimate of drug-likeness (QED) is 0.698. The molecule has 78 valence electrons. The maximum atomic E-state index is 4.99. The third-order valence-corrected chi connectivity index (χ3v) is 2.74. The molecule has 2 N–H and O–H groups in total. The summed E-state index contributed by atoms with van der Waals surface area (Å²) < 4.78 is 4.99. The van der Waals surface area contributed by atoms with Gasteiger partial charge in [-0.25, -0.2) is 0 Å². The Balaban J connectivity index is 1.55. The van der Waals surface area contributed by atoms with Crippen molar-refractivity contribution in [3.05, 3.63) is 24.2 Å². The maximum Gasteiger partial charge on any atom is 0.0947 e. The van der Waals surface area contributed by atoms with Crippen molar-refractivity contribution >= 4 is 0 Å². The highest BCUT2D eigenvalue weighted by Crippen LogP contribution is 2.07. The summed E-state index contributed by atoms with van der Waals surface area (Å²) in [5, 5.41) is 6.91. The zero-order valence-corrected chi connectivity index (χ0v) is 8.46. The van der Waals surface area contributed by atoms with Gasteiger partial charge in [0.05, 0.1) is 12.5 Å². The van der Waals surface area contributed by atoms with E-state index >= 15 is 0 Å². The molecule has 0 amide bonds. The number of hydrogen-bond acceptors (Lipinski definition) is 3. The van der Waals surface area contributed by atoms with Crippen LogP contribution in [0.5, 0.6) is 0 Å². The molecule has 3 heteroatoms. The Morgan fingerprint density at radius 3 is 3.29 bits per heavy atom. The predicted octanol–water partition coefficient (Wildman–Crippen LogP) is 1.51. The lowest BCUT2D eigenvalue weighted by Gasteiger charge is -2.09. The molecule has 1 fully saturated rings. The van der Waals surface area contributed by atoms with Gasteiger partial charge in [-0.1, -0.05) is 0 Å². The zero-order chi connectivity index (χ0) is 9.64. The highest BCUT2D eigenvalue weighted by atomic mass is 16.3. The van der Waals surface area contributed by atoms with Gasteiger partial charge in [-0.15, -0.1) is 0 Å². The van der Waals surface area contributed by atoms with Gasteiger partial charge in [-0.3, -0.25) is 0 Å². The summed E-state index contributed by atoms with van der Waals surface area (Å²) in [7, 11) is 0. The monoisotopic (exact) mass is 194 g/mol. The Morgan fingerprint density at radius 2 is 2.57 bits per heavy atom. The van der Waals surface area contributed by atoms with Gasteiger partial charge in [0.15, 0.2) is 0 Å². The number of nitrogens with one attached hydrogen (secondary N) is 2. The summed E-state index contributed by atoms with van der Waals surface area (Å²) in [6, 6.07) is 2.74. The van der Waals surface area contributed by atoms with Crippen molar-refractivity contribution in [1.82, 2.24) is 10.6 Å². The highest BCUT2D eigenvalue weighted by Gasteiger charge is 2.12. The summed E-state index contributed by atoms with van der Waals surface area (Å²) in [4.78, 5) is 0. The minimum Gasteiger partial charge on any atom is -0.472 e. The fourth-order valence-electron chi connectivity index (χ4n) is 1.91. The van der Waals surface area contributed by atoms with E-state index in [1.54, 1.807) is 12.5 Å². The first-order valence-corrected chi connectivity index (χ1v) is 5.40. The van der Waals surface area contributed by atoms with Gasteiger partial charge < -0.3 is 15.1 Å². The molecular weight excluding hydrogens is 176 g/mol. The molecule has 1 aliphatic heterocycles. The SMILES string of the molecule is c1cc(CNCCC2CCCN2)co1. The van der Waals surface area contributed by atoms with Crippen LogP contribution in [-0.2, 0) is 6.54 Å². The van der Waals surface area contributed by atoms with Crippen LogP contribution in [-0.4, -0.2) is 19.1 Å². The van der Waals surface area contributed by atoms with E-state index in [0.29, 0.717) is 0 Å². The maximum absolute atomic E-state index is 4.99. The molecule has 0 aliphatic carbocycles. The molecule has 14 heavy (non-hydrogen) atoms. The fourth-order valence-corrected chi connectivity index (χ4v) is 1.91. The zero-order valence-electron chi connectivity index (χ0n) is 8.46. The van der Waals surface area contributed by atoms with Gasteiger partial charge in [-0.05, 0) is 38.4 Å². The minimum atomic E-state index is 0.742. The lowest BCUT2D eigenvalue weighted by Crippen LogP contribution is -2.26. The summed E-state index contributed by atoms with van der Waals surface area (Å²) in [6.07, 6.45) is 7.42. The Hall–Kier alpha value is -0.800. The lowest BCUT2D eigenvalue weighted by molar-refractivity contribution is 0.520. The van der Waals surface area contributed by atoms with E-state index in [2.05, 4.69) is 10.6 Å². The van der Waals surface area contributed by atoms with Gasteiger partial charge in [-0.2, -0.15) is 0 Å². The topological polar surface area (TPSA) is 37.2 Å². The largest absolute Gasteiger partial charge is 0.472 e. The van der Waals surface area contributed by atoms with Gasteiger partial charge >= 0.3 is 0 Å². The first kappa shape index (κ1) is 9.74. The van der Waals surface area contributed by atoms with Crippen molar-refractivity contribution in [2.45, 2.75) is 31.8 Å². The number of rotatable bonds is 5. The van der Waals surface area contributed by atoms with E-state index in [1.165, 1.54) is 31.4 Å². The van der Waals surface area contributed by atoms with Crippen molar-refractivity contribution in [2.75, 3.05) is 13.1 Å². The van der Waals surface area contributed by atoms with E-state index in [9.17, 15) is 0 Å². The normalized spacial score (nSPS) is 21.6. The Kier molecular flexibility index (Phi) is 3.60.